The first-order valence-electron chi connectivity index (χ1n) is 9.47. The second kappa shape index (κ2) is 6.73. The van der Waals surface area contributed by atoms with Gasteiger partial charge in [-0.15, -0.1) is 0 Å². The Hall–Kier alpha value is -3.61. The van der Waals surface area contributed by atoms with Crippen LogP contribution >= 0.6 is 0 Å². The molecule has 1 aliphatic rings. The summed E-state index contributed by atoms with van der Waals surface area (Å²) in [5.74, 6) is 3.67. The number of pyridine rings is 1. The first-order valence-corrected chi connectivity index (χ1v) is 9.47. The third-order valence-electron chi connectivity index (χ3n) is 5.61. The van der Waals surface area contributed by atoms with Gasteiger partial charge in [-0.2, -0.15) is 4.57 Å². The molecule has 0 radical (unpaired) electrons. The van der Waals surface area contributed by atoms with Crippen LogP contribution < -0.4 is 33.0 Å². The molecule has 0 fully saturated rings. The fourth-order valence-electron chi connectivity index (χ4n) is 4.37. The van der Waals surface area contributed by atoms with Crippen molar-refractivity contribution in [1.82, 2.24) is 0 Å². The molecular weight excluding hydrogens is 386 g/mol. The molecule has 7 nitrogen and oxygen atoms in total. The molecule has 0 amide bonds. The van der Waals surface area contributed by atoms with Gasteiger partial charge in [-0.1, -0.05) is 6.07 Å². The molecule has 0 unspecified atom stereocenters. The second-order valence-corrected chi connectivity index (χ2v) is 7.05. The lowest BCUT2D eigenvalue weighted by atomic mass is 9.99. The number of fused-ring (bicyclic) bond motifs is 6. The topological polar surface area (TPSA) is 59.3 Å². The van der Waals surface area contributed by atoms with Crippen LogP contribution in [-0.4, -0.2) is 35.2 Å². The number of methoxy groups -OCH3 is 4. The minimum absolute atomic E-state index is 0.237. The van der Waals surface area contributed by atoms with Crippen LogP contribution in [0.5, 0.6) is 34.5 Å². The van der Waals surface area contributed by atoms with Gasteiger partial charge in [0.2, 0.25) is 23.8 Å². The first kappa shape index (κ1) is 18.4. The zero-order valence-corrected chi connectivity index (χ0v) is 17.5. The maximum Gasteiger partial charge on any atom is 0.231 e. The molecule has 5 rings (SSSR count). The number of hydrogen-bond acceptors (Lipinski definition) is 6. The van der Waals surface area contributed by atoms with Crippen LogP contribution in [0.2, 0.25) is 0 Å². The van der Waals surface area contributed by atoms with E-state index >= 15 is 0 Å². The summed E-state index contributed by atoms with van der Waals surface area (Å²) >= 11 is 0. The molecule has 0 saturated carbocycles. The third-order valence-corrected chi connectivity index (χ3v) is 5.61. The van der Waals surface area contributed by atoms with Gasteiger partial charge in [0.25, 0.3) is 0 Å². The Balaban J connectivity index is 2.02. The third kappa shape index (κ3) is 2.35. The van der Waals surface area contributed by atoms with Crippen LogP contribution in [0.3, 0.4) is 0 Å². The van der Waals surface area contributed by atoms with Crippen LogP contribution in [0.25, 0.3) is 32.4 Å². The highest BCUT2D eigenvalue weighted by atomic mass is 16.7. The Bertz CT molecular complexity index is 1330. The van der Waals surface area contributed by atoms with Crippen LogP contribution in [0.15, 0.2) is 30.5 Å². The summed E-state index contributed by atoms with van der Waals surface area (Å²) in [6.07, 6.45) is 2.02. The number of ether oxygens (including phenoxy) is 6. The van der Waals surface area contributed by atoms with Crippen molar-refractivity contribution in [2.45, 2.75) is 0 Å². The molecule has 0 saturated heterocycles. The average molecular weight is 408 g/mol. The van der Waals surface area contributed by atoms with Gasteiger partial charge in [0.15, 0.2) is 29.2 Å². The maximum atomic E-state index is 5.81. The summed E-state index contributed by atoms with van der Waals surface area (Å²) in [5, 5.41) is 4.87. The summed E-state index contributed by atoms with van der Waals surface area (Å²) in [5.41, 5.74) is 1.03. The average Bonchev–Trinajstić information content (AvgIpc) is 3.22. The molecule has 0 spiro atoms. The number of aryl methyl sites for hydroxylation is 1. The number of benzene rings is 3. The van der Waals surface area contributed by atoms with Crippen molar-refractivity contribution in [3.8, 4) is 34.5 Å². The molecule has 154 valence electrons. The van der Waals surface area contributed by atoms with Crippen LogP contribution in [0, 0.1) is 0 Å². The summed E-state index contributed by atoms with van der Waals surface area (Å²) < 4.78 is 36.1. The molecule has 7 heteroatoms. The molecule has 30 heavy (non-hydrogen) atoms. The molecule has 0 bridgehead atoms. The molecule has 3 aromatic carbocycles. The maximum absolute atomic E-state index is 5.81. The van der Waals surface area contributed by atoms with Gasteiger partial charge in [0.05, 0.1) is 50.0 Å². The fraction of sp³-hybridized carbons (Fsp3) is 0.261. The smallest absolute Gasteiger partial charge is 0.231 e. The van der Waals surface area contributed by atoms with Gasteiger partial charge in [-0.3, -0.25) is 0 Å². The van der Waals surface area contributed by atoms with Gasteiger partial charge < -0.3 is 28.4 Å². The van der Waals surface area contributed by atoms with E-state index in [9.17, 15) is 0 Å². The summed E-state index contributed by atoms with van der Waals surface area (Å²) in [6, 6.07) is 8.18. The van der Waals surface area contributed by atoms with Crippen LogP contribution in [0.1, 0.15) is 0 Å². The Morgan fingerprint density at radius 1 is 0.733 bits per heavy atom. The monoisotopic (exact) mass is 408 g/mol. The van der Waals surface area contributed by atoms with Gasteiger partial charge >= 0.3 is 0 Å². The predicted octanol–water partition coefficient (Wildman–Crippen LogP) is 3.73. The number of nitrogens with zero attached hydrogens (tertiary/aromatic N) is 1. The molecular formula is C23H22NO6+. The molecule has 0 N–H and O–H groups in total. The van der Waals surface area contributed by atoms with E-state index in [4.69, 9.17) is 28.4 Å². The Morgan fingerprint density at radius 2 is 1.37 bits per heavy atom. The highest BCUT2D eigenvalue weighted by Gasteiger charge is 2.28. The lowest BCUT2D eigenvalue weighted by Gasteiger charge is -2.19. The SMILES string of the molecule is COc1c(OC)c(OC)c2c(c[n+](C)c3c4cc5c(cc4ccc23)OCO5)c1OC. The normalized spacial score (nSPS) is 12.6. The second-order valence-electron chi connectivity index (χ2n) is 7.05. The van der Waals surface area contributed by atoms with E-state index in [1.54, 1.807) is 28.4 Å². The van der Waals surface area contributed by atoms with Crippen molar-refractivity contribution in [1.29, 1.82) is 0 Å². The van der Waals surface area contributed by atoms with Crippen molar-refractivity contribution in [2.75, 3.05) is 35.2 Å². The molecule has 2 heterocycles. The van der Waals surface area contributed by atoms with E-state index in [0.717, 1.165) is 43.9 Å². The van der Waals surface area contributed by atoms with Crippen molar-refractivity contribution >= 4 is 32.4 Å². The van der Waals surface area contributed by atoms with E-state index < -0.39 is 0 Å². The van der Waals surface area contributed by atoms with Crippen molar-refractivity contribution < 1.29 is 33.0 Å². The minimum Gasteiger partial charge on any atom is -0.492 e. The fourth-order valence-corrected chi connectivity index (χ4v) is 4.37. The van der Waals surface area contributed by atoms with Crippen molar-refractivity contribution in [3.63, 3.8) is 0 Å². The highest BCUT2D eigenvalue weighted by Crippen LogP contribution is 2.52. The molecule has 1 aromatic heterocycles. The standard InChI is InChI=1S/C23H22NO6/c1-24-10-15-18(21(26-3)23(28-5)22(27-4)20(15)25-2)13-7-6-12-8-16-17(30-11-29-16)9-14(12)19(13)24/h6-10H,11H2,1-5H3/q+1. The number of aromatic nitrogens is 1. The van der Waals surface area contributed by atoms with E-state index in [0.29, 0.717) is 23.0 Å². The zero-order chi connectivity index (χ0) is 21.0. The van der Waals surface area contributed by atoms with Crippen molar-refractivity contribution in [2.24, 2.45) is 7.05 Å². The van der Waals surface area contributed by atoms with E-state index in [1.165, 1.54) is 0 Å². The first-order chi connectivity index (χ1) is 14.6. The molecule has 1 aliphatic heterocycles. The largest absolute Gasteiger partial charge is 0.492 e. The van der Waals surface area contributed by atoms with Crippen molar-refractivity contribution in [3.05, 3.63) is 30.5 Å². The Labute approximate surface area is 173 Å². The summed E-state index contributed by atoms with van der Waals surface area (Å²) in [4.78, 5) is 0. The van der Waals surface area contributed by atoms with Gasteiger partial charge in [-0.05, 0) is 23.6 Å². The predicted molar refractivity (Wildman–Crippen MR) is 112 cm³/mol. The molecule has 4 aromatic rings. The number of rotatable bonds is 4. The van der Waals surface area contributed by atoms with Gasteiger partial charge in [-0.25, -0.2) is 0 Å². The van der Waals surface area contributed by atoms with Crippen LogP contribution in [0.4, 0.5) is 0 Å². The van der Waals surface area contributed by atoms with Gasteiger partial charge in [0, 0.05) is 0 Å². The highest BCUT2D eigenvalue weighted by molar-refractivity contribution is 6.18. The molecule has 0 atom stereocenters. The quantitative estimate of drug-likeness (QED) is 0.379. The Kier molecular flexibility index (Phi) is 4.13. The van der Waals surface area contributed by atoms with Gasteiger partial charge in [0.1, 0.15) is 7.05 Å². The number of hydrogen-bond donors (Lipinski definition) is 0. The molecule has 0 aliphatic carbocycles. The Morgan fingerprint density at radius 3 is 2.03 bits per heavy atom. The summed E-state index contributed by atoms with van der Waals surface area (Å²) in [7, 11) is 8.43. The lowest BCUT2D eigenvalue weighted by molar-refractivity contribution is -0.642. The lowest BCUT2D eigenvalue weighted by Crippen LogP contribution is -2.28. The van der Waals surface area contributed by atoms with E-state index in [1.807, 2.05) is 25.4 Å². The zero-order valence-electron chi connectivity index (χ0n) is 17.5. The van der Waals surface area contributed by atoms with E-state index in [2.05, 4.69) is 16.7 Å². The minimum atomic E-state index is 0.237. The van der Waals surface area contributed by atoms with Crippen LogP contribution in [-0.2, 0) is 7.05 Å². The summed E-state index contributed by atoms with van der Waals surface area (Å²) in [6.45, 7) is 0.237. The van der Waals surface area contributed by atoms with E-state index in [-0.39, 0.29) is 6.79 Å².